The molecule has 2 heterocycles. The number of para-hydroxylation sites is 3. The summed E-state index contributed by atoms with van der Waals surface area (Å²) in [7, 11) is 0. The van der Waals surface area contributed by atoms with Gasteiger partial charge in [-0.25, -0.2) is 0 Å². The van der Waals surface area contributed by atoms with E-state index < -0.39 is 0 Å². The highest BCUT2D eigenvalue weighted by atomic mass is 16.3. The topological polar surface area (TPSA) is 69.5 Å². The lowest BCUT2D eigenvalue weighted by molar-refractivity contribution is -0.117. The number of aromatic hydroxyl groups is 1. The Balaban J connectivity index is 1.20. The fraction of sp³-hybridized carbons (Fsp3) is 0.296. The number of phenolic OH excluding ortho intramolecular Hbond substituents is 1. The number of carbonyl (C=O) groups excluding carboxylic acids is 1. The van der Waals surface area contributed by atoms with Crippen LogP contribution in [0.15, 0.2) is 66.7 Å². The average Bonchev–Trinajstić information content (AvgIpc) is 3.15. The molecule has 0 bridgehead atoms. The molecule has 1 saturated heterocycles. The fourth-order valence-corrected chi connectivity index (χ4v) is 4.93. The second kappa shape index (κ2) is 9.16. The normalized spacial score (nSPS) is 15.2. The molecule has 33 heavy (non-hydrogen) atoms. The molecule has 5 rings (SSSR count). The van der Waals surface area contributed by atoms with E-state index in [1.165, 1.54) is 21.8 Å². The Morgan fingerprint density at radius 2 is 1.70 bits per heavy atom. The molecule has 3 N–H and O–H groups in total. The first-order valence-corrected chi connectivity index (χ1v) is 11.7. The summed E-state index contributed by atoms with van der Waals surface area (Å²) in [6.07, 6.45) is 1.87. The number of likely N-dealkylation sites (tertiary alicyclic amines) is 1. The van der Waals surface area contributed by atoms with Crippen LogP contribution in [0.1, 0.15) is 19.8 Å². The summed E-state index contributed by atoms with van der Waals surface area (Å²) in [6, 6.07) is 22.2. The number of fused-ring (bicyclic) bond motifs is 3. The summed E-state index contributed by atoms with van der Waals surface area (Å²) in [4.78, 5) is 14.9. The van der Waals surface area contributed by atoms with E-state index in [0.29, 0.717) is 12.6 Å². The third kappa shape index (κ3) is 4.39. The van der Waals surface area contributed by atoms with E-state index in [9.17, 15) is 9.90 Å². The first-order valence-electron chi connectivity index (χ1n) is 11.7. The predicted octanol–water partition coefficient (Wildman–Crippen LogP) is 5.04. The number of carbonyl (C=O) groups is 1. The molecule has 1 aliphatic rings. The first kappa shape index (κ1) is 21.3. The summed E-state index contributed by atoms with van der Waals surface area (Å²) >= 11 is 0. The number of hydrogen-bond donors (Lipinski definition) is 3. The number of phenols is 1. The molecule has 0 aliphatic carbocycles. The van der Waals surface area contributed by atoms with E-state index in [0.717, 1.165) is 43.9 Å². The number of aromatic nitrogens is 1. The second-order valence-electron chi connectivity index (χ2n) is 8.75. The van der Waals surface area contributed by atoms with Gasteiger partial charge in [0, 0.05) is 53.2 Å². The summed E-state index contributed by atoms with van der Waals surface area (Å²) in [5.41, 5.74) is 4.02. The Hall–Kier alpha value is -3.51. The van der Waals surface area contributed by atoms with Crippen molar-refractivity contribution in [3.63, 3.8) is 0 Å². The van der Waals surface area contributed by atoms with Gasteiger partial charge in [0.25, 0.3) is 0 Å². The largest absolute Gasteiger partial charge is 0.506 e. The standard InChI is InChI=1S/C27H30N4O2/c1-2-31-24-9-5-3-7-21(24)22-17-20(11-12-25(22)31)29-27(33)18-30-15-13-19(14-16-30)28-23-8-4-6-10-26(23)32/h3-12,17,19,28,32H,2,13-16,18H2,1H3,(H,29,33). The van der Waals surface area contributed by atoms with Crippen LogP contribution in [0.25, 0.3) is 21.8 Å². The smallest absolute Gasteiger partial charge is 0.238 e. The quantitative estimate of drug-likeness (QED) is 0.366. The summed E-state index contributed by atoms with van der Waals surface area (Å²) in [5.74, 6) is 0.291. The van der Waals surface area contributed by atoms with E-state index in [-0.39, 0.29) is 11.7 Å². The van der Waals surface area contributed by atoms with Crippen molar-refractivity contribution in [1.29, 1.82) is 0 Å². The second-order valence-corrected chi connectivity index (χ2v) is 8.75. The summed E-state index contributed by atoms with van der Waals surface area (Å²) in [5, 5.41) is 18.9. The van der Waals surface area contributed by atoms with E-state index in [1.54, 1.807) is 6.07 Å². The van der Waals surface area contributed by atoms with Crippen LogP contribution < -0.4 is 10.6 Å². The van der Waals surface area contributed by atoms with E-state index in [2.05, 4.69) is 63.4 Å². The number of amides is 1. The molecule has 1 amide bonds. The minimum Gasteiger partial charge on any atom is -0.506 e. The van der Waals surface area contributed by atoms with Gasteiger partial charge in [-0.15, -0.1) is 0 Å². The molecule has 0 spiro atoms. The highest BCUT2D eigenvalue weighted by molar-refractivity contribution is 6.09. The highest BCUT2D eigenvalue weighted by Gasteiger charge is 2.21. The molecule has 0 saturated carbocycles. The highest BCUT2D eigenvalue weighted by Crippen LogP contribution is 2.31. The summed E-state index contributed by atoms with van der Waals surface area (Å²) in [6.45, 7) is 5.15. The van der Waals surface area contributed by atoms with E-state index >= 15 is 0 Å². The molecule has 170 valence electrons. The van der Waals surface area contributed by atoms with Crippen LogP contribution in [0.4, 0.5) is 11.4 Å². The Bertz CT molecular complexity index is 1290. The number of aryl methyl sites for hydroxylation is 1. The first-order chi connectivity index (χ1) is 16.1. The van der Waals surface area contributed by atoms with Gasteiger partial charge in [0.2, 0.25) is 5.91 Å². The molecule has 3 aromatic carbocycles. The van der Waals surface area contributed by atoms with Crippen molar-refractivity contribution in [3.05, 3.63) is 66.7 Å². The van der Waals surface area contributed by atoms with Crippen molar-refractivity contribution in [2.45, 2.75) is 32.4 Å². The van der Waals surface area contributed by atoms with E-state index in [4.69, 9.17) is 0 Å². The molecule has 4 aromatic rings. The Kier molecular flexibility index (Phi) is 5.92. The van der Waals surface area contributed by atoms with Crippen molar-refractivity contribution in [1.82, 2.24) is 9.47 Å². The van der Waals surface area contributed by atoms with Gasteiger partial charge in [0.05, 0.1) is 12.2 Å². The van der Waals surface area contributed by atoms with Crippen molar-refractivity contribution >= 4 is 39.1 Å². The SMILES string of the molecule is CCn1c2ccccc2c2cc(NC(=O)CN3CCC(Nc4ccccc4O)CC3)ccc21. The maximum atomic E-state index is 12.8. The third-order valence-electron chi connectivity index (χ3n) is 6.59. The van der Waals surface area contributed by atoms with Crippen LogP contribution in [0.3, 0.4) is 0 Å². The van der Waals surface area contributed by atoms with Crippen LogP contribution in [0.2, 0.25) is 0 Å². The zero-order valence-electron chi connectivity index (χ0n) is 18.9. The number of nitrogens with zero attached hydrogens (tertiary/aromatic N) is 2. The van der Waals surface area contributed by atoms with E-state index in [1.807, 2.05) is 24.3 Å². The molecule has 0 radical (unpaired) electrons. The molecule has 1 aromatic heterocycles. The lowest BCUT2D eigenvalue weighted by atomic mass is 10.0. The van der Waals surface area contributed by atoms with Crippen molar-refractivity contribution in [2.24, 2.45) is 0 Å². The molecular formula is C27H30N4O2. The van der Waals surface area contributed by atoms with Crippen molar-refractivity contribution in [3.8, 4) is 5.75 Å². The van der Waals surface area contributed by atoms with Gasteiger partial charge in [-0.1, -0.05) is 30.3 Å². The number of piperidine rings is 1. The minimum absolute atomic E-state index is 0.0145. The number of nitrogens with one attached hydrogen (secondary N) is 2. The van der Waals surface area contributed by atoms with Crippen molar-refractivity contribution < 1.29 is 9.90 Å². The maximum absolute atomic E-state index is 12.8. The predicted molar refractivity (Wildman–Crippen MR) is 135 cm³/mol. The van der Waals surface area contributed by atoms with Gasteiger partial charge in [-0.3, -0.25) is 9.69 Å². The molecule has 0 atom stereocenters. The number of rotatable bonds is 6. The van der Waals surface area contributed by atoms with Crippen LogP contribution in [-0.4, -0.2) is 46.2 Å². The van der Waals surface area contributed by atoms with Crippen molar-refractivity contribution in [2.75, 3.05) is 30.3 Å². The molecule has 1 aliphatic heterocycles. The third-order valence-corrected chi connectivity index (χ3v) is 6.59. The molecule has 6 heteroatoms. The minimum atomic E-state index is 0.0145. The average molecular weight is 443 g/mol. The van der Waals surface area contributed by atoms with Gasteiger partial charge in [0.15, 0.2) is 0 Å². The van der Waals surface area contributed by atoms with Crippen LogP contribution in [-0.2, 0) is 11.3 Å². The number of benzene rings is 3. The van der Waals surface area contributed by atoms with Gasteiger partial charge in [-0.2, -0.15) is 0 Å². The zero-order chi connectivity index (χ0) is 22.8. The Morgan fingerprint density at radius 3 is 2.48 bits per heavy atom. The lowest BCUT2D eigenvalue weighted by Gasteiger charge is -2.32. The Labute approximate surface area is 193 Å². The van der Waals surface area contributed by atoms with Crippen LogP contribution >= 0.6 is 0 Å². The lowest BCUT2D eigenvalue weighted by Crippen LogP contribution is -2.42. The van der Waals surface area contributed by atoms with Gasteiger partial charge in [-0.05, 0) is 56.2 Å². The van der Waals surface area contributed by atoms with Gasteiger partial charge in [0.1, 0.15) is 5.75 Å². The number of hydrogen-bond acceptors (Lipinski definition) is 4. The molecule has 0 unspecified atom stereocenters. The maximum Gasteiger partial charge on any atom is 0.238 e. The molecule has 6 nitrogen and oxygen atoms in total. The van der Waals surface area contributed by atoms with Gasteiger partial charge >= 0.3 is 0 Å². The van der Waals surface area contributed by atoms with Crippen LogP contribution in [0.5, 0.6) is 5.75 Å². The molecular weight excluding hydrogens is 412 g/mol. The number of anilines is 2. The fourth-order valence-electron chi connectivity index (χ4n) is 4.93. The summed E-state index contributed by atoms with van der Waals surface area (Å²) < 4.78 is 2.31. The molecule has 1 fully saturated rings. The van der Waals surface area contributed by atoms with Gasteiger partial charge < -0.3 is 20.3 Å². The Morgan fingerprint density at radius 1 is 0.970 bits per heavy atom. The monoisotopic (exact) mass is 442 g/mol. The zero-order valence-corrected chi connectivity index (χ0v) is 18.9. The van der Waals surface area contributed by atoms with Crippen LogP contribution in [0, 0.1) is 0 Å².